The average molecular weight is 210 g/mol. The number of ketones is 1. The first kappa shape index (κ1) is 9.66. The number of carbonyl (C=O) groups is 1. The number of hydrogen-bond donors (Lipinski definition) is 0. The minimum absolute atomic E-state index is 0.186. The molecule has 0 aromatic carbocycles. The fraction of sp³-hybridized carbons (Fsp3) is 0.455. The summed E-state index contributed by atoms with van der Waals surface area (Å²) in [7, 11) is 0. The molecule has 0 N–H and O–H groups in total. The topological polar surface area (TPSA) is 30.0 Å². The Balaban J connectivity index is 2.41. The lowest BCUT2D eigenvalue weighted by molar-refractivity contribution is 0.0897. The number of hydrogen-bond acceptors (Lipinski definition) is 2. The molecule has 1 atom stereocenters. The van der Waals surface area contributed by atoms with Gasteiger partial charge in [0, 0.05) is 11.5 Å². The SMILES string of the molecule is CCC1CCc2nc(Cl)ccc2C1=O. The molecule has 1 aromatic rings. The highest BCUT2D eigenvalue weighted by Crippen LogP contribution is 2.27. The number of fused-ring (bicyclic) bond motifs is 1. The quantitative estimate of drug-likeness (QED) is 0.666. The number of aryl methyl sites for hydroxylation is 1. The molecule has 14 heavy (non-hydrogen) atoms. The number of carbonyl (C=O) groups excluding carboxylic acids is 1. The van der Waals surface area contributed by atoms with Gasteiger partial charge in [0.1, 0.15) is 5.15 Å². The van der Waals surface area contributed by atoms with Crippen molar-refractivity contribution in [1.29, 1.82) is 0 Å². The summed E-state index contributed by atoms with van der Waals surface area (Å²) in [6.45, 7) is 2.05. The predicted octanol–water partition coefficient (Wildman–Crippen LogP) is 2.89. The average Bonchev–Trinajstić information content (AvgIpc) is 2.18. The Morgan fingerprint density at radius 2 is 2.36 bits per heavy atom. The van der Waals surface area contributed by atoms with Gasteiger partial charge in [-0.1, -0.05) is 18.5 Å². The van der Waals surface area contributed by atoms with Gasteiger partial charge < -0.3 is 0 Å². The van der Waals surface area contributed by atoms with Crippen molar-refractivity contribution >= 4 is 17.4 Å². The molecule has 0 saturated heterocycles. The highest BCUT2D eigenvalue weighted by molar-refractivity contribution is 6.29. The van der Waals surface area contributed by atoms with Crippen LogP contribution >= 0.6 is 11.6 Å². The molecule has 1 aliphatic carbocycles. The first-order chi connectivity index (χ1) is 6.72. The molecule has 0 fully saturated rings. The van der Waals surface area contributed by atoms with Gasteiger partial charge in [-0.25, -0.2) is 4.98 Å². The lowest BCUT2D eigenvalue weighted by Gasteiger charge is -2.21. The third-order valence-corrected chi connectivity index (χ3v) is 3.01. The van der Waals surface area contributed by atoms with Gasteiger partial charge in [0.25, 0.3) is 0 Å². The number of Topliss-reactive ketones (excluding diaryl/α,β-unsaturated/α-hetero) is 1. The molecule has 2 nitrogen and oxygen atoms in total. The third kappa shape index (κ3) is 1.55. The smallest absolute Gasteiger partial charge is 0.167 e. The van der Waals surface area contributed by atoms with Crippen molar-refractivity contribution in [1.82, 2.24) is 4.98 Å². The van der Waals surface area contributed by atoms with Gasteiger partial charge in [-0.2, -0.15) is 0 Å². The standard InChI is InChI=1S/C11H12ClNO/c1-2-7-3-5-9-8(11(7)14)4-6-10(12)13-9/h4,6-7H,2-3,5H2,1H3. The van der Waals surface area contributed by atoms with E-state index in [1.165, 1.54) is 0 Å². The van der Waals surface area contributed by atoms with E-state index in [9.17, 15) is 4.79 Å². The third-order valence-electron chi connectivity index (χ3n) is 2.80. The largest absolute Gasteiger partial charge is 0.294 e. The van der Waals surface area contributed by atoms with E-state index in [-0.39, 0.29) is 11.7 Å². The van der Waals surface area contributed by atoms with Crippen molar-refractivity contribution in [3.63, 3.8) is 0 Å². The van der Waals surface area contributed by atoms with Crippen molar-refractivity contribution in [2.45, 2.75) is 26.2 Å². The summed E-state index contributed by atoms with van der Waals surface area (Å²) in [5.74, 6) is 0.420. The Morgan fingerprint density at radius 1 is 1.57 bits per heavy atom. The molecular weight excluding hydrogens is 198 g/mol. The highest BCUT2D eigenvalue weighted by atomic mass is 35.5. The number of pyridine rings is 1. The fourth-order valence-corrected chi connectivity index (χ4v) is 2.11. The molecular formula is C11H12ClNO. The van der Waals surface area contributed by atoms with Gasteiger partial charge in [0.2, 0.25) is 0 Å². The predicted molar refractivity (Wildman–Crippen MR) is 55.7 cm³/mol. The summed E-state index contributed by atoms with van der Waals surface area (Å²) >= 11 is 5.77. The molecule has 2 rings (SSSR count). The van der Waals surface area contributed by atoms with Crippen LogP contribution in [0.2, 0.25) is 5.15 Å². The summed E-state index contributed by atoms with van der Waals surface area (Å²) in [5.41, 5.74) is 1.64. The molecule has 1 aromatic heterocycles. The maximum atomic E-state index is 11.9. The van der Waals surface area contributed by atoms with Crippen LogP contribution in [0.4, 0.5) is 0 Å². The summed E-state index contributed by atoms with van der Waals surface area (Å²) in [4.78, 5) is 16.1. The molecule has 0 radical (unpaired) electrons. The molecule has 0 amide bonds. The zero-order valence-electron chi connectivity index (χ0n) is 8.09. The molecule has 3 heteroatoms. The van der Waals surface area contributed by atoms with Gasteiger partial charge in [-0.3, -0.25) is 4.79 Å². The molecule has 1 heterocycles. The molecule has 0 aliphatic heterocycles. The van der Waals surface area contributed by atoms with E-state index in [1.54, 1.807) is 12.1 Å². The van der Waals surface area contributed by atoms with Crippen LogP contribution in [0.25, 0.3) is 0 Å². The van der Waals surface area contributed by atoms with Crippen LogP contribution in [-0.2, 0) is 6.42 Å². The minimum Gasteiger partial charge on any atom is -0.294 e. The normalized spacial score (nSPS) is 20.7. The van der Waals surface area contributed by atoms with E-state index in [0.29, 0.717) is 5.15 Å². The molecule has 74 valence electrons. The lowest BCUT2D eigenvalue weighted by Crippen LogP contribution is -2.22. The molecule has 1 aliphatic rings. The maximum Gasteiger partial charge on any atom is 0.167 e. The second kappa shape index (κ2) is 3.70. The van der Waals surface area contributed by atoms with Crippen LogP contribution in [0.1, 0.15) is 35.8 Å². The van der Waals surface area contributed by atoms with Crippen LogP contribution in [0.3, 0.4) is 0 Å². The van der Waals surface area contributed by atoms with Crippen LogP contribution in [-0.4, -0.2) is 10.8 Å². The molecule has 1 unspecified atom stereocenters. The second-order valence-electron chi connectivity index (χ2n) is 3.64. The number of nitrogens with zero attached hydrogens (tertiary/aromatic N) is 1. The zero-order chi connectivity index (χ0) is 10.1. The Bertz CT molecular complexity index is 376. The van der Waals surface area contributed by atoms with Crippen molar-refractivity contribution < 1.29 is 4.79 Å². The summed E-state index contributed by atoms with van der Waals surface area (Å²) < 4.78 is 0. The first-order valence-electron chi connectivity index (χ1n) is 4.92. The van der Waals surface area contributed by atoms with E-state index < -0.39 is 0 Å². The Hall–Kier alpha value is -0.890. The van der Waals surface area contributed by atoms with Crippen molar-refractivity contribution in [2.75, 3.05) is 0 Å². The van der Waals surface area contributed by atoms with Gasteiger partial charge in [-0.15, -0.1) is 0 Å². The molecule has 0 saturated carbocycles. The minimum atomic E-state index is 0.186. The van der Waals surface area contributed by atoms with E-state index in [1.807, 2.05) is 0 Å². The summed E-state index contributed by atoms with van der Waals surface area (Å²) in [5, 5.41) is 0.478. The van der Waals surface area contributed by atoms with Gasteiger partial charge in [0.15, 0.2) is 5.78 Å². The van der Waals surface area contributed by atoms with Crippen LogP contribution in [0, 0.1) is 5.92 Å². The van der Waals surface area contributed by atoms with Gasteiger partial charge in [-0.05, 0) is 31.4 Å². The monoisotopic (exact) mass is 209 g/mol. The maximum absolute atomic E-state index is 11.9. The van der Waals surface area contributed by atoms with Crippen molar-refractivity contribution in [2.24, 2.45) is 5.92 Å². The van der Waals surface area contributed by atoms with Gasteiger partial charge >= 0.3 is 0 Å². The van der Waals surface area contributed by atoms with Crippen molar-refractivity contribution in [3.8, 4) is 0 Å². The van der Waals surface area contributed by atoms with E-state index in [4.69, 9.17) is 11.6 Å². The van der Waals surface area contributed by atoms with E-state index in [2.05, 4.69) is 11.9 Å². The first-order valence-corrected chi connectivity index (χ1v) is 5.29. The van der Waals surface area contributed by atoms with Crippen LogP contribution in [0.5, 0.6) is 0 Å². The van der Waals surface area contributed by atoms with Crippen molar-refractivity contribution in [3.05, 3.63) is 28.5 Å². The zero-order valence-corrected chi connectivity index (χ0v) is 8.84. The fourth-order valence-electron chi connectivity index (χ4n) is 1.94. The lowest BCUT2D eigenvalue weighted by atomic mass is 9.84. The van der Waals surface area contributed by atoms with E-state index in [0.717, 1.165) is 30.5 Å². The van der Waals surface area contributed by atoms with E-state index >= 15 is 0 Å². The van der Waals surface area contributed by atoms with Crippen LogP contribution in [0.15, 0.2) is 12.1 Å². The second-order valence-corrected chi connectivity index (χ2v) is 4.02. The number of rotatable bonds is 1. The Kier molecular flexibility index (Phi) is 2.55. The number of halogens is 1. The van der Waals surface area contributed by atoms with Crippen LogP contribution < -0.4 is 0 Å². The Morgan fingerprint density at radius 3 is 3.07 bits per heavy atom. The van der Waals surface area contributed by atoms with Gasteiger partial charge in [0.05, 0.1) is 5.69 Å². The number of aromatic nitrogens is 1. The molecule has 0 bridgehead atoms. The Labute approximate surface area is 88.3 Å². The molecule has 0 spiro atoms. The highest BCUT2D eigenvalue weighted by Gasteiger charge is 2.26. The summed E-state index contributed by atoms with van der Waals surface area (Å²) in [6.07, 6.45) is 2.71. The summed E-state index contributed by atoms with van der Waals surface area (Å²) in [6, 6.07) is 3.49.